The average Bonchev–Trinajstić information content (AvgIpc) is 3.14. The Morgan fingerprint density at radius 1 is 1.11 bits per heavy atom. The van der Waals surface area contributed by atoms with Crippen LogP contribution in [0.2, 0.25) is 0 Å². The first kappa shape index (κ1) is 12.6. The number of amides is 2. The quantitative estimate of drug-likeness (QED) is 0.618. The monoisotopic (exact) mass is 265 g/mol. The third kappa shape index (κ3) is 1.95. The van der Waals surface area contributed by atoms with Crippen molar-refractivity contribution in [3.8, 4) is 0 Å². The van der Waals surface area contributed by atoms with E-state index in [0.29, 0.717) is 19.3 Å². The summed E-state index contributed by atoms with van der Waals surface area (Å²) in [4.78, 5) is 36.9. The third-order valence-corrected chi connectivity index (χ3v) is 4.93. The van der Waals surface area contributed by atoms with Crippen molar-refractivity contribution in [3.05, 3.63) is 0 Å². The number of aliphatic carboxylic acids is 1. The van der Waals surface area contributed by atoms with Crippen LogP contribution in [-0.2, 0) is 14.4 Å². The molecule has 19 heavy (non-hydrogen) atoms. The molecule has 2 aliphatic carbocycles. The van der Waals surface area contributed by atoms with Gasteiger partial charge in [-0.1, -0.05) is 25.7 Å². The predicted molar refractivity (Wildman–Crippen MR) is 66.1 cm³/mol. The fourth-order valence-corrected chi connectivity index (χ4v) is 3.55. The minimum atomic E-state index is -0.904. The minimum Gasteiger partial charge on any atom is -0.481 e. The van der Waals surface area contributed by atoms with Crippen LogP contribution in [0.3, 0.4) is 0 Å². The van der Waals surface area contributed by atoms with E-state index in [4.69, 9.17) is 0 Å². The summed E-state index contributed by atoms with van der Waals surface area (Å²) >= 11 is 0. The Bertz CT molecular complexity index is 417. The van der Waals surface area contributed by atoms with Gasteiger partial charge in [-0.3, -0.25) is 19.3 Å². The fraction of sp³-hybridized carbons (Fsp3) is 0.786. The van der Waals surface area contributed by atoms with Gasteiger partial charge in [0.25, 0.3) is 0 Å². The van der Waals surface area contributed by atoms with E-state index >= 15 is 0 Å². The van der Waals surface area contributed by atoms with Gasteiger partial charge in [-0.05, 0) is 19.3 Å². The highest BCUT2D eigenvalue weighted by molar-refractivity contribution is 6.09. The van der Waals surface area contributed by atoms with E-state index in [2.05, 4.69) is 0 Å². The summed E-state index contributed by atoms with van der Waals surface area (Å²) in [5.41, 5.74) is -0.904. The molecule has 0 aromatic rings. The van der Waals surface area contributed by atoms with Crippen molar-refractivity contribution in [2.24, 2.45) is 17.3 Å². The molecule has 3 aliphatic rings. The Morgan fingerprint density at radius 3 is 2.11 bits per heavy atom. The molecule has 3 fully saturated rings. The van der Waals surface area contributed by atoms with Crippen molar-refractivity contribution < 1.29 is 19.5 Å². The number of hydrogen-bond acceptors (Lipinski definition) is 3. The van der Waals surface area contributed by atoms with Gasteiger partial charge in [0, 0.05) is 6.54 Å². The average molecular weight is 265 g/mol. The summed E-state index contributed by atoms with van der Waals surface area (Å²) in [6.07, 6.45) is 5.66. The molecule has 5 nitrogen and oxygen atoms in total. The summed E-state index contributed by atoms with van der Waals surface area (Å²) in [6.45, 7) is 0.0903. The highest BCUT2D eigenvalue weighted by atomic mass is 16.4. The highest BCUT2D eigenvalue weighted by Crippen LogP contribution is 2.48. The Morgan fingerprint density at radius 2 is 1.63 bits per heavy atom. The van der Waals surface area contributed by atoms with E-state index in [1.54, 1.807) is 0 Å². The number of hydrogen-bond donors (Lipinski definition) is 1. The van der Waals surface area contributed by atoms with E-state index in [9.17, 15) is 19.5 Å². The zero-order chi connectivity index (χ0) is 13.6. The van der Waals surface area contributed by atoms with Crippen molar-refractivity contribution in [2.75, 3.05) is 6.54 Å². The number of imide groups is 1. The Balaban J connectivity index is 1.79. The molecule has 2 amide bonds. The van der Waals surface area contributed by atoms with E-state index in [0.717, 1.165) is 25.7 Å². The second kappa shape index (κ2) is 4.32. The van der Waals surface area contributed by atoms with E-state index in [1.165, 1.54) is 4.90 Å². The lowest BCUT2D eigenvalue weighted by Gasteiger charge is -2.32. The van der Waals surface area contributed by atoms with Crippen LogP contribution in [0.15, 0.2) is 0 Å². The first-order valence-corrected chi connectivity index (χ1v) is 7.14. The lowest BCUT2D eigenvalue weighted by Crippen LogP contribution is -2.46. The van der Waals surface area contributed by atoms with Crippen molar-refractivity contribution >= 4 is 17.8 Å². The second-order valence-electron chi connectivity index (χ2n) is 6.21. The number of piperidine rings is 1. The van der Waals surface area contributed by atoms with Gasteiger partial charge in [0.2, 0.25) is 11.8 Å². The molecular formula is C14H19NO4. The van der Waals surface area contributed by atoms with Crippen molar-refractivity contribution in [3.63, 3.8) is 0 Å². The fourth-order valence-electron chi connectivity index (χ4n) is 3.55. The van der Waals surface area contributed by atoms with E-state index in [1.807, 2.05) is 0 Å². The Kier molecular flexibility index (Phi) is 2.87. The SMILES string of the molecule is O=C1C2CC2C(=O)N1CC1(C(=O)O)CCCCCC1. The molecule has 1 N–H and O–H groups in total. The molecule has 1 aliphatic heterocycles. The summed E-state index contributed by atoms with van der Waals surface area (Å²) in [7, 11) is 0. The molecule has 104 valence electrons. The van der Waals surface area contributed by atoms with Gasteiger partial charge in [-0.2, -0.15) is 0 Å². The predicted octanol–water partition coefficient (Wildman–Crippen LogP) is 1.42. The van der Waals surface area contributed by atoms with Crippen LogP contribution < -0.4 is 0 Å². The molecule has 0 aromatic heterocycles. The number of carboxylic acid groups (broad SMARTS) is 1. The number of likely N-dealkylation sites (tertiary alicyclic amines) is 1. The van der Waals surface area contributed by atoms with E-state index < -0.39 is 11.4 Å². The number of carbonyl (C=O) groups excluding carboxylic acids is 2. The largest absolute Gasteiger partial charge is 0.481 e. The Labute approximate surface area is 112 Å². The lowest BCUT2D eigenvalue weighted by atomic mass is 9.80. The van der Waals surface area contributed by atoms with Crippen LogP contribution in [0.4, 0.5) is 0 Å². The van der Waals surface area contributed by atoms with Crippen LogP contribution in [0.1, 0.15) is 44.9 Å². The molecule has 2 saturated carbocycles. The molecule has 5 heteroatoms. The molecule has 1 saturated heterocycles. The normalized spacial score (nSPS) is 32.9. The number of nitrogens with zero attached hydrogens (tertiary/aromatic N) is 1. The van der Waals surface area contributed by atoms with Gasteiger partial charge >= 0.3 is 5.97 Å². The molecule has 1 heterocycles. The molecule has 0 aromatic carbocycles. The third-order valence-electron chi connectivity index (χ3n) is 4.93. The van der Waals surface area contributed by atoms with Crippen LogP contribution in [0, 0.1) is 17.3 Å². The van der Waals surface area contributed by atoms with Crippen molar-refractivity contribution in [1.29, 1.82) is 0 Å². The van der Waals surface area contributed by atoms with Crippen LogP contribution in [0.5, 0.6) is 0 Å². The summed E-state index contributed by atoms with van der Waals surface area (Å²) in [6, 6.07) is 0. The first-order valence-electron chi connectivity index (χ1n) is 7.14. The molecule has 3 rings (SSSR count). The molecule has 2 unspecified atom stereocenters. The van der Waals surface area contributed by atoms with Crippen LogP contribution in [-0.4, -0.2) is 34.3 Å². The van der Waals surface area contributed by atoms with Crippen LogP contribution in [0.25, 0.3) is 0 Å². The lowest BCUT2D eigenvalue weighted by molar-refractivity contribution is -0.154. The maximum absolute atomic E-state index is 12.0. The van der Waals surface area contributed by atoms with Crippen LogP contribution >= 0.6 is 0 Å². The summed E-state index contributed by atoms with van der Waals surface area (Å²) < 4.78 is 0. The second-order valence-corrected chi connectivity index (χ2v) is 6.21. The van der Waals surface area contributed by atoms with Gasteiger partial charge < -0.3 is 5.11 Å². The molecule has 0 bridgehead atoms. The van der Waals surface area contributed by atoms with Gasteiger partial charge in [0.15, 0.2) is 0 Å². The first-order chi connectivity index (χ1) is 9.05. The zero-order valence-corrected chi connectivity index (χ0v) is 10.9. The van der Waals surface area contributed by atoms with E-state index in [-0.39, 0.29) is 30.2 Å². The van der Waals surface area contributed by atoms with Gasteiger partial charge in [0.1, 0.15) is 0 Å². The van der Waals surface area contributed by atoms with Gasteiger partial charge in [0.05, 0.1) is 17.3 Å². The zero-order valence-electron chi connectivity index (χ0n) is 10.9. The summed E-state index contributed by atoms with van der Waals surface area (Å²) in [5, 5.41) is 9.57. The Hall–Kier alpha value is -1.39. The standard InChI is InChI=1S/C14H19NO4/c16-11-9-7-10(9)12(17)15(11)8-14(13(18)19)5-3-1-2-4-6-14/h9-10H,1-8H2,(H,18,19). The molecule has 0 radical (unpaired) electrons. The topological polar surface area (TPSA) is 74.7 Å². The van der Waals surface area contributed by atoms with Gasteiger partial charge in [-0.25, -0.2) is 0 Å². The number of rotatable bonds is 3. The molecule has 0 spiro atoms. The maximum Gasteiger partial charge on any atom is 0.311 e. The number of carboxylic acids is 1. The maximum atomic E-state index is 12.0. The van der Waals surface area contributed by atoms with Crippen molar-refractivity contribution in [1.82, 2.24) is 4.90 Å². The smallest absolute Gasteiger partial charge is 0.311 e. The summed E-state index contributed by atoms with van der Waals surface area (Å²) in [5.74, 6) is -1.40. The minimum absolute atomic E-state index is 0.0903. The van der Waals surface area contributed by atoms with Crippen molar-refractivity contribution in [2.45, 2.75) is 44.9 Å². The van der Waals surface area contributed by atoms with Gasteiger partial charge in [-0.15, -0.1) is 0 Å². The number of fused-ring (bicyclic) bond motifs is 1. The molecular weight excluding hydrogens is 246 g/mol. The highest BCUT2D eigenvalue weighted by Gasteiger charge is 2.60. The number of carbonyl (C=O) groups is 3. The molecule has 2 atom stereocenters.